The molecule has 312 valence electrons. The summed E-state index contributed by atoms with van der Waals surface area (Å²) in [5.74, 6) is -0.227. The van der Waals surface area contributed by atoms with E-state index in [4.69, 9.17) is 28.4 Å². The molecule has 0 bridgehead atoms. The maximum Gasteiger partial charge on any atom is 0.519 e. The van der Waals surface area contributed by atoms with Crippen molar-refractivity contribution in [2.45, 2.75) is 6.42 Å². The number of ether oxygens (including phenoxy) is 6. The predicted octanol–water partition coefficient (Wildman–Crippen LogP) is 10.3. The SMILES string of the molecule is O=C(Oc1ccccc1)Oc1ccc(CC(=O)c2cc(NC(=O)c3ccc(OC(=O)Oc4ccccc4)cc3)cc(C(=O)Nc3ccc(OC(=O)Oc4ccccc4)cc3)c2)cc1. The average Bonchev–Trinajstić information content (AvgIpc) is 3.28. The van der Waals surface area contributed by atoms with Gasteiger partial charge in [0.25, 0.3) is 11.8 Å². The molecular formula is C49H34N2O12. The lowest BCUT2D eigenvalue weighted by atomic mass is 9.99. The van der Waals surface area contributed by atoms with Crippen molar-refractivity contribution in [3.8, 4) is 34.5 Å². The highest BCUT2D eigenvalue weighted by Crippen LogP contribution is 2.24. The van der Waals surface area contributed by atoms with E-state index in [0.717, 1.165) is 0 Å². The molecule has 0 fully saturated rings. The van der Waals surface area contributed by atoms with Crippen LogP contribution in [0.5, 0.6) is 34.5 Å². The number of nitrogens with one attached hydrogen (secondary N) is 2. The molecule has 14 nitrogen and oxygen atoms in total. The lowest BCUT2D eigenvalue weighted by Crippen LogP contribution is -2.17. The number of benzene rings is 7. The van der Waals surface area contributed by atoms with Crippen LogP contribution in [0.2, 0.25) is 0 Å². The van der Waals surface area contributed by atoms with Crippen LogP contribution in [0.25, 0.3) is 0 Å². The number of rotatable bonds is 13. The fraction of sp³-hybridized carbons (Fsp3) is 0.0204. The Hall–Kier alpha value is -9.04. The van der Waals surface area contributed by atoms with Gasteiger partial charge >= 0.3 is 18.5 Å². The Bertz CT molecular complexity index is 2600. The molecule has 7 rings (SSSR count). The van der Waals surface area contributed by atoms with E-state index in [1.165, 1.54) is 78.9 Å². The second kappa shape index (κ2) is 20.3. The fourth-order valence-corrected chi connectivity index (χ4v) is 5.75. The van der Waals surface area contributed by atoms with Crippen LogP contribution < -0.4 is 39.1 Å². The minimum absolute atomic E-state index is 0.0317. The van der Waals surface area contributed by atoms with E-state index in [2.05, 4.69) is 10.6 Å². The molecule has 63 heavy (non-hydrogen) atoms. The first-order valence-electron chi connectivity index (χ1n) is 19.1. The van der Waals surface area contributed by atoms with Crippen molar-refractivity contribution in [3.05, 3.63) is 204 Å². The highest BCUT2D eigenvalue weighted by Gasteiger charge is 2.18. The smallest absolute Gasteiger partial charge is 0.395 e. The quantitative estimate of drug-likeness (QED) is 0.0638. The summed E-state index contributed by atoms with van der Waals surface area (Å²) >= 11 is 0. The van der Waals surface area contributed by atoms with Gasteiger partial charge in [0, 0.05) is 34.5 Å². The molecule has 0 saturated carbocycles. The number of hydrogen-bond acceptors (Lipinski definition) is 12. The van der Waals surface area contributed by atoms with Crippen LogP contribution >= 0.6 is 0 Å². The molecule has 0 atom stereocenters. The van der Waals surface area contributed by atoms with Crippen molar-refractivity contribution in [2.75, 3.05) is 10.6 Å². The van der Waals surface area contributed by atoms with Crippen molar-refractivity contribution >= 4 is 47.4 Å². The molecule has 0 aliphatic rings. The van der Waals surface area contributed by atoms with E-state index in [1.54, 1.807) is 103 Å². The van der Waals surface area contributed by atoms with Crippen LogP contribution in [0.4, 0.5) is 25.8 Å². The largest absolute Gasteiger partial charge is 0.519 e. The number of carbonyl (C=O) groups excluding carboxylic acids is 6. The summed E-state index contributed by atoms with van der Waals surface area (Å²) in [5.41, 5.74) is 1.33. The second-order valence-electron chi connectivity index (χ2n) is 13.3. The highest BCUT2D eigenvalue weighted by molar-refractivity contribution is 6.10. The molecule has 0 radical (unpaired) electrons. The molecular weight excluding hydrogens is 809 g/mol. The van der Waals surface area contributed by atoms with Crippen LogP contribution in [0.3, 0.4) is 0 Å². The Morgan fingerprint density at radius 1 is 0.333 bits per heavy atom. The molecule has 0 aliphatic heterocycles. The van der Waals surface area contributed by atoms with Crippen molar-refractivity contribution in [1.29, 1.82) is 0 Å². The fourth-order valence-electron chi connectivity index (χ4n) is 5.75. The van der Waals surface area contributed by atoms with Gasteiger partial charge in [0.1, 0.15) is 34.5 Å². The third-order valence-electron chi connectivity index (χ3n) is 8.73. The summed E-state index contributed by atoms with van der Waals surface area (Å²) in [6.45, 7) is 0. The number of ketones is 1. The Morgan fingerprint density at radius 3 is 1.13 bits per heavy atom. The Labute approximate surface area is 359 Å². The zero-order valence-corrected chi connectivity index (χ0v) is 32.9. The van der Waals surface area contributed by atoms with Crippen LogP contribution in [0.15, 0.2) is 182 Å². The zero-order valence-electron chi connectivity index (χ0n) is 32.9. The lowest BCUT2D eigenvalue weighted by molar-refractivity contribution is 0.0989. The Morgan fingerprint density at radius 2 is 0.683 bits per heavy atom. The molecule has 0 unspecified atom stereocenters. The molecule has 0 heterocycles. The number of Topliss-reactive ketones (excluding diaryl/α,β-unsaturated/α-hetero) is 1. The van der Waals surface area contributed by atoms with Crippen molar-refractivity contribution in [2.24, 2.45) is 0 Å². The van der Waals surface area contributed by atoms with Crippen molar-refractivity contribution in [3.63, 3.8) is 0 Å². The summed E-state index contributed by atoms with van der Waals surface area (Å²) < 4.78 is 31.1. The van der Waals surface area contributed by atoms with Gasteiger partial charge in [-0.1, -0.05) is 66.7 Å². The van der Waals surface area contributed by atoms with Gasteiger partial charge in [-0.3, -0.25) is 14.4 Å². The highest BCUT2D eigenvalue weighted by atomic mass is 16.7. The van der Waals surface area contributed by atoms with Crippen LogP contribution in [-0.4, -0.2) is 36.1 Å². The third-order valence-corrected chi connectivity index (χ3v) is 8.73. The summed E-state index contributed by atoms with van der Waals surface area (Å²) in [6.07, 6.45) is -2.97. The van der Waals surface area contributed by atoms with Crippen molar-refractivity contribution in [1.82, 2.24) is 0 Å². The topological polar surface area (TPSA) is 182 Å². The molecule has 0 aromatic heterocycles. The van der Waals surface area contributed by atoms with Gasteiger partial charge in [-0.05, 0) is 121 Å². The third kappa shape index (κ3) is 12.5. The van der Waals surface area contributed by atoms with E-state index in [-0.39, 0.29) is 46.0 Å². The molecule has 0 saturated heterocycles. The van der Waals surface area contributed by atoms with Crippen LogP contribution in [0.1, 0.15) is 36.6 Å². The van der Waals surface area contributed by atoms with E-state index in [0.29, 0.717) is 28.5 Å². The molecule has 2 N–H and O–H groups in total. The summed E-state index contributed by atoms with van der Waals surface area (Å²) in [5, 5.41) is 5.47. The first-order chi connectivity index (χ1) is 30.6. The molecule has 2 amide bonds. The minimum atomic E-state index is -0.966. The Kier molecular flexibility index (Phi) is 13.6. The number of para-hydroxylation sites is 3. The zero-order chi connectivity index (χ0) is 44.0. The first-order valence-corrected chi connectivity index (χ1v) is 19.1. The summed E-state index contributed by atoms with van der Waals surface area (Å²) in [7, 11) is 0. The molecule has 7 aromatic rings. The summed E-state index contributed by atoms with van der Waals surface area (Å²) in [6, 6.07) is 47.2. The molecule has 7 aromatic carbocycles. The Balaban J connectivity index is 1.04. The van der Waals surface area contributed by atoms with E-state index >= 15 is 0 Å². The normalized spacial score (nSPS) is 10.3. The van der Waals surface area contributed by atoms with Gasteiger partial charge in [-0.15, -0.1) is 0 Å². The van der Waals surface area contributed by atoms with Gasteiger partial charge in [0.15, 0.2) is 5.78 Å². The number of carbonyl (C=O) groups is 6. The molecule has 14 heteroatoms. The van der Waals surface area contributed by atoms with Gasteiger partial charge < -0.3 is 39.1 Å². The number of amides is 2. The number of anilines is 2. The maximum atomic E-state index is 13.7. The summed E-state index contributed by atoms with van der Waals surface area (Å²) in [4.78, 5) is 77.6. The van der Waals surface area contributed by atoms with Crippen LogP contribution in [-0.2, 0) is 6.42 Å². The van der Waals surface area contributed by atoms with Gasteiger partial charge in [0.05, 0.1) is 0 Å². The van der Waals surface area contributed by atoms with Gasteiger partial charge in [-0.25, -0.2) is 14.4 Å². The lowest BCUT2D eigenvalue weighted by Gasteiger charge is -2.12. The first kappa shape index (κ1) is 42.1. The van der Waals surface area contributed by atoms with Gasteiger partial charge in [-0.2, -0.15) is 0 Å². The minimum Gasteiger partial charge on any atom is -0.395 e. The average molecular weight is 843 g/mol. The predicted molar refractivity (Wildman–Crippen MR) is 229 cm³/mol. The van der Waals surface area contributed by atoms with Gasteiger partial charge in [0.2, 0.25) is 0 Å². The standard InChI is InChI=1S/C49H34N2O12/c52-44(28-32-16-22-41(23-17-32)61-47(55)58-38-10-4-1-5-11-38)34-29-35(46(54)50-36-20-26-43(27-21-36)63-49(57)60-40-14-8-3-9-15-40)31-37(30-34)51-45(53)33-18-24-42(25-19-33)62-48(56)59-39-12-6-2-7-13-39/h1-27,29-31H,28H2,(H,50,54)(H,51,53). The van der Waals surface area contributed by atoms with E-state index in [1.807, 2.05) is 0 Å². The monoisotopic (exact) mass is 842 g/mol. The molecule has 0 spiro atoms. The van der Waals surface area contributed by atoms with Crippen molar-refractivity contribution < 1.29 is 57.2 Å². The van der Waals surface area contributed by atoms with E-state index < -0.39 is 36.1 Å². The maximum absolute atomic E-state index is 13.7. The second-order valence-corrected chi connectivity index (χ2v) is 13.3. The molecule has 0 aliphatic carbocycles. The van der Waals surface area contributed by atoms with E-state index in [9.17, 15) is 28.8 Å². The number of hydrogen-bond donors (Lipinski definition) is 2. The van der Waals surface area contributed by atoms with Crippen LogP contribution in [0, 0.1) is 0 Å².